The van der Waals surface area contributed by atoms with Crippen LogP contribution < -0.4 is 15.5 Å². The summed E-state index contributed by atoms with van der Waals surface area (Å²) in [5, 5.41) is 7.13. The van der Waals surface area contributed by atoms with E-state index in [1.54, 1.807) is 0 Å². The molecule has 118 valence electrons. The van der Waals surface area contributed by atoms with Gasteiger partial charge in [-0.15, -0.1) is 0 Å². The SMILES string of the molecule is CC1CN(c2cccc3c2C=Nc2ccccc2N3)CC(C)N1. The van der Waals surface area contributed by atoms with Gasteiger partial charge in [-0.3, -0.25) is 4.99 Å². The third kappa shape index (κ3) is 2.70. The maximum absolute atomic E-state index is 4.69. The highest BCUT2D eigenvalue weighted by Gasteiger charge is 2.24. The van der Waals surface area contributed by atoms with E-state index in [2.05, 4.69) is 53.6 Å². The van der Waals surface area contributed by atoms with Crippen LogP contribution in [0, 0.1) is 0 Å². The summed E-state index contributed by atoms with van der Waals surface area (Å²) in [5.74, 6) is 0. The number of hydrogen-bond donors (Lipinski definition) is 2. The molecule has 4 rings (SSSR count). The first-order valence-corrected chi connectivity index (χ1v) is 8.25. The molecular formula is C19H22N4. The van der Waals surface area contributed by atoms with Gasteiger partial charge >= 0.3 is 0 Å². The minimum absolute atomic E-state index is 0.488. The Balaban J connectivity index is 1.75. The Bertz CT molecular complexity index is 743. The van der Waals surface area contributed by atoms with Gasteiger partial charge in [-0.2, -0.15) is 0 Å². The Morgan fingerprint density at radius 2 is 1.70 bits per heavy atom. The zero-order valence-electron chi connectivity index (χ0n) is 13.6. The molecule has 2 unspecified atom stereocenters. The zero-order valence-corrected chi connectivity index (χ0v) is 13.6. The summed E-state index contributed by atoms with van der Waals surface area (Å²) in [6, 6.07) is 15.6. The van der Waals surface area contributed by atoms with Crippen molar-refractivity contribution in [2.24, 2.45) is 4.99 Å². The average Bonchev–Trinajstić information content (AvgIpc) is 2.72. The first kappa shape index (κ1) is 14.3. The van der Waals surface area contributed by atoms with E-state index < -0.39 is 0 Å². The van der Waals surface area contributed by atoms with Gasteiger partial charge in [0.05, 0.1) is 11.4 Å². The van der Waals surface area contributed by atoms with Gasteiger partial charge in [0.2, 0.25) is 0 Å². The molecule has 2 aromatic carbocycles. The van der Waals surface area contributed by atoms with Gasteiger partial charge in [0.25, 0.3) is 0 Å². The molecule has 0 radical (unpaired) electrons. The van der Waals surface area contributed by atoms with Crippen LogP contribution >= 0.6 is 0 Å². The van der Waals surface area contributed by atoms with Crippen LogP contribution in [0.4, 0.5) is 22.7 Å². The van der Waals surface area contributed by atoms with Gasteiger partial charge in [0.1, 0.15) is 0 Å². The molecule has 0 saturated carbocycles. The van der Waals surface area contributed by atoms with Crippen molar-refractivity contribution in [2.45, 2.75) is 25.9 Å². The van der Waals surface area contributed by atoms with Gasteiger partial charge in [-0.25, -0.2) is 0 Å². The van der Waals surface area contributed by atoms with E-state index in [4.69, 9.17) is 4.99 Å². The monoisotopic (exact) mass is 306 g/mol. The highest BCUT2D eigenvalue weighted by molar-refractivity contribution is 6.00. The molecule has 0 bridgehead atoms. The Hall–Kier alpha value is -2.33. The molecule has 23 heavy (non-hydrogen) atoms. The van der Waals surface area contributed by atoms with Gasteiger partial charge in [0.15, 0.2) is 0 Å². The van der Waals surface area contributed by atoms with Crippen LogP contribution in [-0.2, 0) is 0 Å². The molecule has 0 aliphatic carbocycles. The number of rotatable bonds is 1. The number of para-hydroxylation sites is 2. The summed E-state index contributed by atoms with van der Waals surface area (Å²) in [5.41, 5.74) is 5.59. The van der Waals surface area contributed by atoms with Crippen molar-refractivity contribution in [1.82, 2.24) is 5.32 Å². The fourth-order valence-corrected chi connectivity index (χ4v) is 3.57. The maximum atomic E-state index is 4.69. The number of benzene rings is 2. The van der Waals surface area contributed by atoms with Crippen molar-refractivity contribution in [3.8, 4) is 0 Å². The average molecular weight is 306 g/mol. The lowest BCUT2D eigenvalue weighted by molar-refractivity contribution is 0.407. The summed E-state index contributed by atoms with van der Waals surface area (Å²) in [4.78, 5) is 7.16. The van der Waals surface area contributed by atoms with E-state index in [-0.39, 0.29) is 0 Å². The van der Waals surface area contributed by atoms with Crippen molar-refractivity contribution in [3.63, 3.8) is 0 Å². The van der Waals surface area contributed by atoms with Gasteiger partial charge in [0, 0.05) is 48.3 Å². The summed E-state index contributed by atoms with van der Waals surface area (Å²) in [6.45, 7) is 6.52. The third-order valence-corrected chi connectivity index (χ3v) is 4.49. The Kier molecular flexibility index (Phi) is 3.54. The molecule has 0 amide bonds. The van der Waals surface area contributed by atoms with Crippen LogP contribution in [0.1, 0.15) is 19.4 Å². The number of anilines is 3. The molecule has 2 aliphatic heterocycles. The molecule has 1 fully saturated rings. The Morgan fingerprint density at radius 1 is 0.957 bits per heavy atom. The fourth-order valence-electron chi connectivity index (χ4n) is 3.57. The number of aliphatic imine (C=N–C) groups is 1. The Morgan fingerprint density at radius 3 is 2.52 bits per heavy atom. The van der Waals surface area contributed by atoms with Gasteiger partial charge < -0.3 is 15.5 Å². The van der Waals surface area contributed by atoms with E-state index in [1.165, 1.54) is 11.3 Å². The maximum Gasteiger partial charge on any atom is 0.0864 e. The number of piperazine rings is 1. The molecule has 2 aromatic rings. The predicted octanol–water partition coefficient (Wildman–Crippen LogP) is 3.68. The first-order valence-electron chi connectivity index (χ1n) is 8.25. The minimum Gasteiger partial charge on any atom is -0.368 e. The standard InChI is InChI=1S/C19H22N4/c1-13-11-23(12-14(2)21-13)19-9-5-8-16-15(19)10-20-17-6-3-4-7-18(17)22-16/h3-10,13-14,21-22H,11-12H2,1-2H3. The topological polar surface area (TPSA) is 39.7 Å². The summed E-state index contributed by atoms with van der Waals surface area (Å²) >= 11 is 0. The molecule has 2 N–H and O–H groups in total. The quantitative estimate of drug-likeness (QED) is 0.720. The number of hydrogen-bond acceptors (Lipinski definition) is 4. The second-order valence-electron chi connectivity index (χ2n) is 6.51. The summed E-state index contributed by atoms with van der Waals surface area (Å²) in [6.07, 6.45) is 2.00. The van der Waals surface area contributed by atoms with Crippen LogP contribution in [-0.4, -0.2) is 31.4 Å². The molecule has 0 aromatic heterocycles. The largest absolute Gasteiger partial charge is 0.368 e. The van der Waals surface area contributed by atoms with E-state index in [9.17, 15) is 0 Å². The number of nitrogens with one attached hydrogen (secondary N) is 2. The van der Waals surface area contributed by atoms with Crippen molar-refractivity contribution >= 4 is 29.0 Å². The first-order chi connectivity index (χ1) is 11.2. The smallest absolute Gasteiger partial charge is 0.0864 e. The lowest BCUT2D eigenvalue weighted by Crippen LogP contribution is -2.54. The lowest BCUT2D eigenvalue weighted by atomic mass is 10.1. The molecule has 4 heteroatoms. The van der Waals surface area contributed by atoms with Crippen molar-refractivity contribution in [1.29, 1.82) is 0 Å². The molecule has 1 saturated heterocycles. The normalized spacial score (nSPS) is 22.8. The molecule has 4 nitrogen and oxygen atoms in total. The van der Waals surface area contributed by atoms with Crippen LogP contribution in [0.2, 0.25) is 0 Å². The van der Waals surface area contributed by atoms with Crippen LogP contribution in [0.15, 0.2) is 47.5 Å². The van der Waals surface area contributed by atoms with Crippen LogP contribution in [0.25, 0.3) is 0 Å². The molecule has 2 atom stereocenters. The third-order valence-electron chi connectivity index (χ3n) is 4.49. The predicted molar refractivity (Wildman–Crippen MR) is 97.7 cm³/mol. The van der Waals surface area contributed by atoms with Crippen molar-refractivity contribution < 1.29 is 0 Å². The van der Waals surface area contributed by atoms with Gasteiger partial charge in [-0.1, -0.05) is 18.2 Å². The van der Waals surface area contributed by atoms with Crippen LogP contribution in [0.3, 0.4) is 0 Å². The number of nitrogens with zero attached hydrogens (tertiary/aromatic N) is 2. The molecule has 2 aliphatic rings. The Labute approximate surface area is 137 Å². The van der Waals surface area contributed by atoms with Crippen LogP contribution in [0.5, 0.6) is 0 Å². The highest BCUT2D eigenvalue weighted by Crippen LogP contribution is 2.36. The number of fused-ring (bicyclic) bond motifs is 2. The van der Waals surface area contributed by atoms with Gasteiger partial charge in [-0.05, 0) is 38.1 Å². The van der Waals surface area contributed by atoms with E-state index in [0.29, 0.717) is 12.1 Å². The molecular weight excluding hydrogens is 284 g/mol. The lowest BCUT2D eigenvalue weighted by Gasteiger charge is -2.38. The second kappa shape index (κ2) is 5.70. The van der Waals surface area contributed by atoms with E-state index in [1.807, 2.05) is 24.4 Å². The van der Waals surface area contributed by atoms with E-state index in [0.717, 1.165) is 30.2 Å². The van der Waals surface area contributed by atoms with Crippen molar-refractivity contribution in [3.05, 3.63) is 48.0 Å². The fraction of sp³-hybridized carbons (Fsp3) is 0.316. The zero-order chi connectivity index (χ0) is 15.8. The van der Waals surface area contributed by atoms with Crippen molar-refractivity contribution in [2.75, 3.05) is 23.3 Å². The summed E-state index contributed by atoms with van der Waals surface area (Å²) in [7, 11) is 0. The van der Waals surface area contributed by atoms with E-state index >= 15 is 0 Å². The highest BCUT2D eigenvalue weighted by atomic mass is 15.2. The molecule has 0 spiro atoms. The summed E-state index contributed by atoms with van der Waals surface area (Å²) < 4.78 is 0. The molecule has 2 heterocycles. The second-order valence-corrected chi connectivity index (χ2v) is 6.51. The minimum atomic E-state index is 0.488.